The zero-order chi connectivity index (χ0) is 25.4. The van der Waals surface area contributed by atoms with Crippen LogP contribution in [0.15, 0.2) is 72.1 Å². The van der Waals surface area contributed by atoms with Crippen LogP contribution in [-0.2, 0) is 25.5 Å². The molecule has 1 aliphatic rings. The molecule has 2 heterocycles. The number of ketones is 1. The zero-order valence-corrected chi connectivity index (χ0v) is 20.0. The van der Waals surface area contributed by atoms with E-state index >= 15 is 0 Å². The van der Waals surface area contributed by atoms with Crippen LogP contribution in [0, 0.1) is 6.92 Å². The molecule has 0 saturated carbocycles. The molecule has 9 heteroatoms. The number of nitrogens with zero attached hydrogens (tertiary/aromatic N) is 1. The summed E-state index contributed by atoms with van der Waals surface area (Å²) in [4.78, 5) is 30.3. The molecule has 0 bridgehead atoms. The number of esters is 1. The molecule has 1 aromatic heterocycles. The topological polar surface area (TPSA) is 119 Å². The molecule has 0 unspecified atom stereocenters. The average molecular weight is 480 g/mol. The number of rotatable bonds is 11. The van der Waals surface area contributed by atoms with Gasteiger partial charge in [0.05, 0.1) is 18.9 Å². The number of ether oxygens (including phenoxy) is 3. The van der Waals surface area contributed by atoms with Gasteiger partial charge in [0.2, 0.25) is 11.7 Å². The quantitative estimate of drug-likeness (QED) is 0.252. The van der Waals surface area contributed by atoms with Crippen molar-refractivity contribution in [1.82, 2.24) is 4.98 Å². The molecule has 35 heavy (non-hydrogen) atoms. The maximum atomic E-state index is 13.3. The third-order valence-corrected chi connectivity index (χ3v) is 5.05. The van der Waals surface area contributed by atoms with Crippen LogP contribution in [0.5, 0.6) is 5.75 Å². The van der Waals surface area contributed by atoms with E-state index in [4.69, 9.17) is 19.3 Å². The first-order chi connectivity index (χ1) is 16.9. The zero-order valence-electron chi connectivity index (χ0n) is 20.0. The fourth-order valence-electron chi connectivity index (χ4n) is 3.48. The average Bonchev–Trinajstić information content (AvgIpc) is 3.16. The van der Waals surface area contributed by atoms with Crippen LogP contribution in [0.2, 0.25) is 0 Å². The van der Waals surface area contributed by atoms with E-state index in [1.165, 1.54) is 6.20 Å². The Labute approximate surface area is 204 Å². The second kappa shape index (κ2) is 11.8. The van der Waals surface area contributed by atoms with Crippen LogP contribution < -0.4 is 15.4 Å². The number of hydrogen-bond donors (Lipinski definition) is 3. The van der Waals surface area contributed by atoms with Crippen molar-refractivity contribution < 1.29 is 28.9 Å². The van der Waals surface area contributed by atoms with Crippen LogP contribution in [0.3, 0.4) is 0 Å². The van der Waals surface area contributed by atoms with Crippen molar-refractivity contribution >= 4 is 23.3 Å². The Morgan fingerprint density at radius 2 is 2.11 bits per heavy atom. The third-order valence-electron chi connectivity index (χ3n) is 5.05. The molecule has 0 atom stereocenters. The Bertz CT molecular complexity index is 1190. The van der Waals surface area contributed by atoms with Crippen LogP contribution in [0.4, 0.5) is 11.5 Å². The van der Waals surface area contributed by atoms with Gasteiger partial charge in [-0.2, -0.15) is 0 Å². The SMILES string of the molecule is C=CNc1ncccc1C/C(C)=C1\OC(Nc2ccc(C)cc2OCCO)=C(C(=O)OCC)C1=O. The Kier molecular flexibility index (Phi) is 8.63. The summed E-state index contributed by atoms with van der Waals surface area (Å²) in [5.74, 6) is -0.325. The lowest BCUT2D eigenvalue weighted by Crippen LogP contribution is -2.16. The molecule has 0 aliphatic carbocycles. The second-order valence-corrected chi connectivity index (χ2v) is 7.70. The highest BCUT2D eigenvalue weighted by atomic mass is 16.5. The van der Waals surface area contributed by atoms with E-state index in [1.807, 2.05) is 19.1 Å². The smallest absolute Gasteiger partial charge is 0.347 e. The van der Waals surface area contributed by atoms with E-state index in [0.717, 1.165) is 11.1 Å². The van der Waals surface area contributed by atoms with E-state index in [0.29, 0.717) is 29.2 Å². The number of Topliss-reactive ketones (excluding diaryl/α,β-unsaturated/α-hetero) is 1. The Hall–Kier alpha value is -4.11. The Morgan fingerprint density at radius 1 is 1.31 bits per heavy atom. The van der Waals surface area contributed by atoms with E-state index in [-0.39, 0.29) is 37.0 Å². The summed E-state index contributed by atoms with van der Waals surface area (Å²) >= 11 is 0. The van der Waals surface area contributed by atoms with Gasteiger partial charge in [-0.05, 0) is 61.9 Å². The van der Waals surface area contributed by atoms with Crippen molar-refractivity contribution in [2.24, 2.45) is 0 Å². The molecule has 1 aromatic carbocycles. The Balaban J connectivity index is 1.97. The highest BCUT2D eigenvalue weighted by Crippen LogP contribution is 2.34. The lowest BCUT2D eigenvalue weighted by molar-refractivity contribution is -0.139. The number of aromatic nitrogens is 1. The Morgan fingerprint density at radius 3 is 2.83 bits per heavy atom. The second-order valence-electron chi connectivity index (χ2n) is 7.70. The highest BCUT2D eigenvalue weighted by molar-refractivity contribution is 6.25. The number of nitrogens with one attached hydrogen (secondary N) is 2. The minimum Gasteiger partial charge on any atom is -0.489 e. The number of benzene rings is 1. The van der Waals surface area contributed by atoms with Crippen molar-refractivity contribution in [1.29, 1.82) is 0 Å². The largest absolute Gasteiger partial charge is 0.489 e. The molecule has 0 radical (unpaired) electrons. The molecule has 0 saturated heterocycles. The summed E-state index contributed by atoms with van der Waals surface area (Å²) < 4.78 is 16.6. The maximum absolute atomic E-state index is 13.3. The fourth-order valence-corrected chi connectivity index (χ4v) is 3.48. The minimum atomic E-state index is -0.789. The van der Waals surface area contributed by atoms with Crippen molar-refractivity contribution in [3.63, 3.8) is 0 Å². The van der Waals surface area contributed by atoms with Gasteiger partial charge in [0.15, 0.2) is 11.3 Å². The van der Waals surface area contributed by atoms with Gasteiger partial charge in [0.1, 0.15) is 18.2 Å². The molecule has 0 amide bonds. The number of pyridine rings is 1. The van der Waals surface area contributed by atoms with Gasteiger partial charge in [0.25, 0.3) is 0 Å². The molecule has 9 nitrogen and oxygen atoms in total. The highest BCUT2D eigenvalue weighted by Gasteiger charge is 2.38. The molecule has 0 spiro atoms. The number of hydrogen-bond acceptors (Lipinski definition) is 9. The summed E-state index contributed by atoms with van der Waals surface area (Å²) in [5, 5.41) is 15.1. The summed E-state index contributed by atoms with van der Waals surface area (Å²) in [6.07, 6.45) is 3.52. The standard InChI is InChI=1S/C26H29N3O6/c1-5-27-24-18(8-7-11-28-24)15-17(4)23-22(31)21(26(32)33-6-2)25(35-23)29-19-10-9-16(3)14-20(19)34-13-12-30/h5,7-11,14,29-30H,1,6,12-13,15H2,2-4H3,(H,27,28)/b23-17-. The number of carbonyl (C=O) groups excluding carboxylic acids is 2. The number of aryl methyl sites for hydroxylation is 1. The molecular weight excluding hydrogens is 450 g/mol. The number of anilines is 2. The molecule has 2 aromatic rings. The summed E-state index contributed by atoms with van der Waals surface area (Å²) in [6, 6.07) is 9.02. The van der Waals surface area contributed by atoms with Gasteiger partial charge in [-0.15, -0.1) is 0 Å². The number of aliphatic hydroxyl groups excluding tert-OH is 1. The van der Waals surface area contributed by atoms with E-state index in [2.05, 4.69) is 22.2 Å². The van der Waals surface area contributed by atoms with Crippen molar-refractivity contribution in [2.45, 2.75) is 27.2 Å². The lowest BCUT2D eigenvalue weighted by Gasteiger charge is -2.15. The van der Waals surface area contributed by atoms with Crippen molar-refractivity contribution in [2.75, 3.05) is 30.5 Å². The molecular formula is C26H29N3O6. The van der Waals surface area contributed by atoms with Crippen LogP contribution in [0.1, 0.15) is 25.0 Å². The van der Waals surface area contributed by atoms with Gasteiger partial charge >= 0.3 is 5.97 Å². The number of allylic oxidation sites excluding steroid dienone is 2. The minimum absolute atomic E-state index is 0.0360. The van der Waals surface area contributed by atoms with Crippen LogP contribution in [0.25, 0.3) is 0 Å². The number of aliphatic hydroxyl groups is 1. The monoisotopic (exact) mass is 479 g/mol. The van der Waals surface area contributed by atoms with Gasteiger partial charge < -0.3 is 30.0 Å². The molecule has 0 fully saturated rings. The lowest BCUT2D eigenvalue weighted by atomic mass is 10.0. The summed E-state index contributed by atoms with van der Waals surface area (Å²) in [5.41, 5.74) is 2.60. The molecule has 184 valence electrons. The first kappa shape index (κ1) is 25.5. The van der Waals surface area contributed by atoms with Crippen LogP contribution in [-0.4, -0.2) is 41.7 Å². The first-order valence-electron chi connectivity index (χ1n) is 11.2. The van der Waals surface area contributed by atoms with Crippen molar-refractivity contribution in [3.8, 4) is 5.75 Å². The maximum Gasteiger partial charge on any atom is 0.347 e. The van der Waals surface area contributed by atoms with E-state index < -0.39 is 11.8 Å². The summed E-state index contributed by atoms with van der Waals surface area (Å²) in [7, 11) is 0. The van der Waals surface area contributed by atoms with Gasteiger partial charge in [0, 0.05) is 12.6 Å². The van der Waals surface area contributed by atoms with Crippen LogP contribution >= 0.6 is 0 Å². The van der Waals surface area contributed by atoms with Gasteiger partial charge in [-0.1, -0.05) is 18.7 Å². The molecule has 3 N–H and O–H groups in total. The van der Waals surface area contributed by atoms with E-state index in [1.54, 1.807) is 38.2 Å². The predicted molar refractivity (Wildman–Crippen MR) is 132 cm³/mol. The van der Waals surface area contributed by atoms with Gasteiger partial charge in [-0.3, -0.25) is 4.79 Å². The van der Waals surface area contributed by atoms with E-state index in [9.17, 15) is 9.59 Å². The van der Waals surface area contributed by atoms with Gasteiger partial charge in [-0.25, -0.2) is 9.78 Å². The number of carbonyl (C=O) groups is 2. The predicted octanol–water partition coefficient (Wildman–Crippen LogP) is 3.62. The molecule has 1 aliphatic heterocycles. The third kappa shape index (κ3) is 6.07. The summed E-state index contributed by atoms with van der Waals surface area (Å²) in [6.45, 7) is 8.99. The molecule has 3 rings (SSSR count). The van der Waals surface area contributed by atoms with Crippen molar-refractivity contribution in [3.05, 3.63) is 83.2 Å². The fraction of sp³-hybridized carbons (Fsp3) is 0.269. The normalized spacial score (nSPS) is 14.3. The first-order valence-corrected chi connectivity index (χ1v) is 11.2.